The second-order valence-electron chi connectivity index (χ2n) is 18.1. The number of nitrogens with zero attached hydrogens (tertiary/aromatic N) is 1. The summed E-state index contributed by atoms with van der Waals surface area (Å²) >= 11 is 0. The van der Waals surface area contributed by atoms with Gasteiger partial charge in [0.1, 0.15) is 13.2 Å². The van der Waals surface area contributed by atoms with E-state index >= 15 is 0 Å². The average Bonchev–Trinajstić information content (AvgIpc) is 3.23. The second-order valence-corrected chi connectivity index (χ2v) is 19.6. The highest BCUT2D eigenvalue weighted by molar-refractivity contribution is 7.45. The zero-order valence-corrected chi connectivity index (χ0v) is 41.7. The average molecular weight is 889 g/mol. The van der Waals surface area contributed by atoms with Crippen molar-refractivity contribution < 1.29 is 32.9 Å². The van der Waals surface area contributed by atoms with Crippen LogP contribution in [0.4, 0.5) is 0 Å². The highest BCUT2D eigenvalue weighted by atomic mass is 31.2. The van der Waals surface area contributed by atoms with Crippen LogP contribution in [0.15, 0.2) is 72.9 Å². The van der Waals surface area contributed by atoms with Crippen LogP contribution in [-0.4, -0.2) is 68.5 Å². The van der Waals surface area contributed by atoms with E-state index in [1.54, 1.807) is 0 Å². The molecule has 0 radical (unpaired) electrons. The maximum absolute atomic E-state index is 12.9. The summed E-state index contributed by atoms with van der Waals surface area (Å²) in [7, 11) is 1.27. The number of allylic oxidation sites excluding steroid dienone is 12. The summed E-state index contributed by atoms with van der Waals surface area (Å²) in [5.41, 5.74) is 0. The van der Waals surface area contributed by atoms with Crippen LogP contribution in [0.25, 0.3) is 0 Å². The van der Waals surface area contributed by atoms with Crippen molar-refractivity contribution in [2.45, 2.75) is 219 Å². The molecule has 0 saturated heterocycles. The normalized spacial score (nSPS) is 14.8. The number of unbranched alkanes of at least 4 members (excludes halogenated alkanes) is 20. The third kappa shape index (κ3) is 45.9. The fourth-order valence-corrected chi connectivity index (χ4v) is 7.71. The van der Waals surface area contributed by atoms with Crippen molar-refractivity contribution >= 4 is 13.7 Å². The quantitative estimate of drug-likeness (QED) is 0.0273. The van der Waals surface area contributed by atoms with Crippen molar-refractivity contribution in [1.82, 2.24) is 5.32 Å². The first-order valence-electron chi connectivity index (χ1n) is 25.3. The molecule has 62 heavy (non-hydrogen) atoms. The molecule has 3 unspecified atom stereocenters. The molecule has 8 nitrogen and oxygen atoms in total. The summed E-state index contributed by atoms with van der Waals surface area (Å²) in [5.74, 6) is -0.208. The molecule has 0 bridgehead atoms. The van der Waals surface area contributed by atoms with E-state index in [1.165, 1.54) is 103 Å². The highest BCUT2D eigenvalue weighted by Gasteiger charge is 2.24. The number of likely N-dealkylation sites (N-methyl/N-ethyl adjacent to an activating group) is 1. The summed E-state index contributed by atoms with van der Waals surface area (Å²) in [6, 6.07) is -0.828. The van der Waals surface area contributed by atoms with E-state index in [0.29, 0.717) is 30.3 Å². The number of carbonyl (C=O) groups excluding carboxylic acids is 1. The molecule has 0 aromatic heterocycles. The van der Waals surface area contributed by atoms with Crippen molar-refractivity contribution in [3.8, 4) is 0 Å². The van der Waals surface area contributed by atoms with Crippen molar-refractivity contribution in [2.75, 3.05) is 40.9 Å². The number of aliphatic hydroxyl groups excluding tert-OH is 1. The first-order chi connectivity index (χ1) is 30.0. The maximum Gasteiger partial charge on any atom is 0.268 e. The summed E-state index contributed by atoms with van der Waals surface area (Å²) in [6.45, 7) is 4.57. The van der Waals surface area contributed by atoms with E-state index in [9.17, 15) is 19.4 Å². The minimum Gasteiger partial charge on any atom is -0.756 e. The van der Waals surface area contributed by atoms with Crippen molar-refractivity contribution in [1.29, 1.82) is 0 Å². The second kappa shape index (κ2) is 44.2. The van der Waals surface area contributed by atoms with Gasteiger partial charge in [-0.2, -0.15) is 0 Å². The van der Waals surface area contributed by atoms with E-state index in [4.69, 9.17) is 9.05 Å². The van der Waals surface area contributed by atoms with E-state index in [1.807, 2.05) is 21.1 Å². The molecule has 0 fully saturated rings. The number of nitrogens with one attached hydrogen (secondary N) is 1. The standard InChI is InChI=1S/C53H97N2O6P/c1-6-8-10-12-14-16-18-20-22-24-26-27-29-31-33-35-37-39-41-43-45-47-53(57)54-51(50-61-62(58,59)60-49-48-55(3,4)5)52(56)46-44-42-40-38-36-34-32-30-28-25-23-21-19-17-15-13-11-9-7-2/h8,10,14,16,20,22,26-27,31,33,37,39,51-52,56H,6-7,9,11-13,15,17-19,21,23-25,28-30,32,34-36,38,40-50H2,1-5H3,(H-,54,57,58,59)/b10-8-,16-14-,22-20-,27-26-,33-31-,39-37-. The third-order valence-electron chi connectivity index (χ3n) is 11.0. The summed E-state index contributed by atoms with van der Waals surface area (Å²) in [6.07, 6.45) is 59.1. The number of aliphatic hydroxyl groups is 1. The molecule has 0 saturated carbocycles. The molecule has 1 amide bonds. The van der Waals surface area contributed by atoms with Crippen LogP contribution in [0, 0.1) is 0 Å². The third-order valence-corrected chi connectivity index (χ3v) is 11.9. The van der Waals surface area contributed by atoms with E-state index in [-0.39, 0.29) is 19.1 Å². The molecule has 360 valence electrons. The van der Waals surface area contributed by atoms with Gasteiger partial charge in [-0.25, -0.2) is 0 Å². The van der Waals surface area contributed by atoms with Crippen LogP contribution >= 0.6 is 7.82 Å². The minimum absolute atomic E-state index is 0.0000207. The Morgan fingerprint density at radius 2 is 0.984 bits per heavy atom. The molecule has 2 N–H and O–H groups in total. The van der Waals surface area contributed by atoms with Gasteiger partial charge in [-0.05, 0) is 64.2 Å². The zero-order valence-electron chi connectivity index (χ0n) is 40.8. The first kappa shape index (κ1) is 59.9. The largest absolute Gasteiger partial charge is 0.756 e. The lowest BCUT2D eigenvalue weighted by Crippen LogP contribution is -2.46. The number of phosphoric acid groups is 1. The Labute approximate surface area is 383 Å². The molecule has 0 aliphatic rings. The number of amides is 1. The Hall–Kier alpha value is -2.06. The number of carbonyl (C=O) groups is 1. The van der Waals surface area contributed by atoms with Crippen molar-refractivity contribution in [2.24, 2.45) is 0 Å². The van der Waals surface area contributed by atoms with Gasteiger partial charge in [-0.15, -0.1) is 0 Å². The lowest BCUT2D eigenvalue weighted by atomic mass is 10.0. The number of hydrogen-bond donors (Lipinski definition) is 2. The number of hydrogen-bond acceptors (Lipinski definition) is 6. The Morgan fingerprint density at radius 1 is 0.581 bits per heavy atom. The smallest absolute Gasteiger partial charge is 0.268 e. The van der Waals surface area contributed by atoms with Crippen LogP contribution in [0.5, 0.6) is 0 Å². The van der Waals surface area contributed by atoms with Gasteiger partial charge in [0.2, 0.25) is 5.91 Å². The van der Waals surface area contributed by atoms with Crippen LogP contribution in [-0.2, 0) is 18.4 Å². The molecule has 0 rings (SSSR count). The van der Waals surface area contributed by atoms with Crippen molar-refractivity contribution in [3.63, 3.8) is 0 Å². The number of quaternary nitrogens is 1. The summed E-state index contributed by atoms with van der Waals surface area (Å²) in [5, 5.41) is 13.9. The monoisotopic (exact) mass is 889 g/mol. The molecule has 0 aliphatic heterocycles. The molecule has 0 aliphatic carbocycles. The van der Waals surface area contributed by atoms with E-state index in [2.05, 4.69) is 92.1 Å². The lowest BCUT2D eigenvalue weighted by Gasteiger charge is -2.30. The van der Waals surface area contributed by atoms with Gasteiger partial charge in [0, 0.05) is 6.42 Å². The fraction of sp³-hybridized carbons (Fsp3) is 0.755. The highest BCUT2D eigenvalue weighted by Crippen LogP contribution is 2.38. The van der Waals surface area contributed by atoms with Gasteiger partial charge in [-0.3, -0.25) is 9.36 Å². The molecule has 9 heteroatoms. The Bertz CT molecular complexity index is 1240. The van der Waals surface area contributed by atoms with Gasteiger partial charge in [0.05, 0.1) is 39.9 Å². The Morgan fingerprint density at radius 3 is 1.40 bits per heavy atom. The van der Waals surface area contributed by atoms with Crippen molar-refractivity contribution in [3.05, 3.63) is 72.9 Å². The van der Waals surface area contributed by atoms with Crippen LogP contribution in [0.3, 0.4) is 0 Å². The summed E-state index contributed by atoms with van der Waals surface area (Å²) in [4.78, 5) is 25.4. The Balaban J connectivity index is 4.39. The van der Waals surface area contributed by atoms with E-state index in [0.717, 1.165) is 70.6 Å². The number of phosphoric ester groups is 1. The fourth-order valence-electron chi connectivity index (χ4n) is 6.98. The lowest BCUT2D eigenvalue weighted by molar-refractivity contribution is -0.870. The number of rotatable bonds is 45. The SMILES string of the molecule is CC/C=C\C/C=C\C/C=C\C/C=C\C/C=C\C/C=C\CCCCC(=O)NC(COP(=O)([O-])OCC[N+](C)(C)C)C(O)CCCCCCCCCCCCCCCCCCCCC. The molecule has 0 aromatic rings. The van der Waals surface area contributed by atoms with Crippen LogP contribution in [0.1, 0.15) is 206 Å². The zero-order chi connectivity index (χ0) is 45.7. The molecule has 0 spiro atoms. The summed E-state index contributed by atoms with van der Waals surface area (Å²) < 4.78 is 23.3. The molecule has 0 aromatic carbocycles. The molecule has 3 atom stereocenters. The topological polar surface area (TPSA) is 108 Å². The predicted molar refractivity (Wildman–Crippen MR) is 265 cm³/mol. The van der Waals surface area contributed by atoms with Gasteiger partial charge < -0.3 is 28.8 Å². The Kier molecular flexibility index (Phi) is 42.7. The predicted octanol–water partition coefficient (Wildman–Crippen LogP) is 14.1. The molecular weight excluding hydrogens is 792 g/mol. The van der Waals surface area contributed by atoms with Gasteiger partial charge in [-0.1, -0.05) is 209 Å². The van der Waals surface area contributed by atoms with Crippen LogP contribution < -0.4 is 10.2 Å². The molecular formula is C53H97N2O6P. The van der Waals surface area contributed by atoms with Gasteiger partial charge >= 0.3 is 0 Å². The van der Waals surface area contributed by atoms with E-state index < -0.39 is 20.0 Å². The van der Waals surface area contributed by atoms with Crippen LogP contribution in [0.2, 0.25) is 0 Å². The first-order valence-corrected chi connectivity index (χ1v) is 26.7. The van der Waals surface area contributed by atoms with Gasteiger partial charge in [0.15, 0.2) is 0 Å². The maximum atomic E-state index is 12.9. The van der Waals surface area contributed by atoms with Gasteiger partial charge in [0.25, 0.3) is 7.82 Å². The minimum atomic E-state index is -4.59. The molecule has 0 heterocycles.